The minimum absolute atomic E-state index is 0.268. The average molecular weight is 425 g/mol. The van der Waals surface area contributed by atoms with Gasteiger partial charge in [0.1, 0.15) is 5.56 Å². The second-order valence-corrected chi connectivity index (χ2v) is 7.41. The Kier molecular flexibility index (Phi) is 5.90. The number of likely N-dealkylation sites (N-methyl/N-ethyl adjacent to an activating group) is 1. The molecule has 1 fully saturated rings. The molecule has 3 aromatic heterocycles. The van der Waals surface area contributed by atoms with Crippen molar-refractivity contribution in [3.8, 4) is 11.6 Å². The minimum atomic E-state index is -0.359. The lowest BCUT2D eigenvalue weighted by Gasteiger charge is -2.18. The van der Waals surface area contributed by atoms with Crippen molar-refractivity contribution >= 4 is 23.2 Å². The molecule has 3 aromatic rings. The number of hydrogen-bond acceptors (Lipinski definition) is 8. The normalized spacial score (nSPS) is 16.0. The summed E-state index contributed by atoms with van der Waals surface area (Å²) in [6, 6.07) is 2.14. The third-order valence-electron chi connectivity index (χ3n) is 5.26. The highest BCUT2D eigenvalue weighted by Crippen LogP contribution is 2.26. The SMILES string of the molecule is CCOc1nc(N2CCC(NC)C2)ncc1C(=O)Nc1cc(OC)c2nc(C)cn2c1. The molecule has 10 nitrogen and oxygen atoms in total. The Morgan fingerprint density at radius 2 is 2.16 bits per heavy atom. The second kappa shape index (κ2) is 8.76. The van der Waals surface area contributed by atoms with E-state index in [9.17, 15) is 4.79 Å². The number of methoxy groups -OCH3 is 1. The Bertz CT molecular complexity index is 1100. The number of amides is 1. The van der Waals surface area contributed by atoms with Crippen molar-refractivity contribution in [2.24, 2.45) is 0 Å². The van der Waals surface area contributed by atoms with E-state index in [4.69, 9.17) is 9.47 Å². The zero-order valence-corrected chi connectivity index (χ0v) is 18.2. The van der Waals surface area contributed by atoms with E-state index < -0.39 is 0 Å². The second-order valence-electron chi connectivity index (χ2n) is 7.41. The first-order chi connectivity index (χ1) is 15.0. The summed E-state index contributed by atoms with van der Waals surface area (Å²) < 4.78 is 12.9. The van der Waals surface area contributed by atoms with E-state index in [0.29, 0.717) is 35.7 Å². The number of nitrogens with one attached hydrogen (secondary N) is 2. The van der Waals surface area contributed by atoms with Gasteiger partial charge in [0.25, 0.3) is 5.91 Å². The first kappa shape index (κ1) is 20.9. The smallest absolute Gasteiger partial charge is 0.262 e. The van der Waals surface area contributed by atoms with Crippen LogP contribution >= 0.6 is 0 Å². The molecule has 0 saturated carbocycles. The lowest BCUT2D eigenvalue weighted by Crippen LogP contribution is -2.30. The third-order valence-corrected chi connectivity index (χ3v) is 5.26. The molecule has 0 bridgehead atoms. The number of pyridine rings is 1. The molecule has 0 spiro atoms. The average Bonchev–Trinajstić information content (AvgIpc) is 3.39. The van der Waals surface area contributed by atoms with Gasteiger partial charge in [-0.1, -0.05) is 0 Å². The summed E-state index contributed by atoms with van der Waals surface area (Å²) >= 11 is 0. The fraction of sp³-hybridized carbons (Fsp3) is 0.429. The molecule has 10 heteroatoms. The molecule has 0 aliphatic carbocycles. The fourth-order valence-electron chi connectivity index (χ4n) is 3.70. The van der Waals surface area contributed by atoms with Crippen molar-refractivity contribution in [2.45, 2.75) is 26.3 Å². The number of carbonyl (C=O) groups is 1. The molecule has 164 valence electrons. The quantitative estimate of drug-likeness (QED) is 0.591. The summed E-state index contributed by atoms with van der Waals surface area (Å²) in [6.07, 6.45) is 6.19. The molecule has 1 saturated heterocycles. The van der Waals surface area contributed by atoms with Gasteiger partial charge in [-0.05, 0) is 27.3 Å². The standard InChI is InChI=1S/C21H27N7O3/c1-5-31-20-16(9-23-21(26-20)27-7-6-14(11-27)22-3)19(29)25-15-8-17(30-4)18-24-13(2)10-28(18)12-15/h8-10,12,14,22H,5-7,11H2,1-4H3,(H,25,29). The number of carbonyl (C=O) groups excluding carboxylic acids is 1. The van der Waals surface area contributed by atoms with Gasteiger partial charge >= 0.3 is 0 Å². The van der Waals surface area contributed by atoms with E-state index in [1.165, 1.54) is 6.20 Å². The molecule has 1 amide bonds. The summed E-state index contributed by atoms with van der Waals surface area (Å²) in [7, 11) is 3.52. The van der Waals surface area contributed by atoms with Gasteiger partial charge in [0.15, 0.2) is 11.4 Å². The number of fused-ring (bicyclic) bond motifs is 1. The lowest BCUT2D eigenvalue weighted by molar-refractivity contribution is 0.102. The molecule has 4 heterocycles. The number of nitrogens with zero attached hydrogens (tertiary/aromatic N) is 5. The highest BCUT2D eigenvalue weighted by Gasteiger charge is 2.25. The zero-order valence-electron chi connectivity index (χ0n) is 18.2. The molecule has 0 radical (unpaired) electrons. The van der Waals surface area contributed by atoms with Gasteiger partial charge in [-0.25, -0.2) is 9.97 Å². The van der Waals surface area contributed by atoms with Crippen LogP contribution in [0.15, 0.2) is 24.7 Å². The Morgan fingerprint density at radius 3 is 2.87 bits per heavy atom. The Hall–Kier alpha value is -3.40. The van der Waals surface area contributed by atoms with E-state index in [0.717, 1.165) is 25.2 Å². The predicted molar refractivity (Wildman–Crippen MR) is 117 cm³/mol. The Balaban J connectivity index is 1.60. The van der Waals surface area contributed by atoms with Gasteiger partial charge < -0.3 is 29.4 Å². The van der Waals surface area contributed by atoms with Crippen LogP contribution in [0, 0.1) is 6.92 Å². The first-order valence-electron chi connectivity index (χ1n) is 10.3. The Labute approximate surface area is 180 Å². The number of imidazole rings is 1. The maximum Gasteiger partial charge on any atom is 0.262 e. The zero-order chi connectivity index (χ0) is 22.0. The van der Waals surface area contributed by atoms with Crippen LogP contribution in [-0.4, -0.2) is 65.2 Å². The van der Waals surface area contributed by atoms with Gasteiger partial charge in [-0.2, -0.15) is 4.98 Å². The van der Waals surface area contributed by atoms with Crippen molar-refractivity contribution in [3.63, 3.8) is 0 Å². The van der Waals surface area contributed by atoms with Crippen LogP contribution in [0.5, 0.6) is 11.6 Å². The number of aryl methyl sites for hydroxylation is 1. The van der Waals surface area contributed by atoms with Gasteiger partial charge in [0.05, 0.1) is 25.1 Å². The van der Waals surface area contributed by atoms with Crippen LogP contribution in [0.2, 0.25) is 0 Å². The molecular formula is C21H27N7O3. The van der Waals surface area contributed by atoms with Crippen LogP contribution in [-0.2, 0) is 0 Å². The summed E-state index contributed by atoms with van der Waals surface area (Å²) in [4.78, 5) is 28.5. The van der Waals surface area contributed by atoms with Gasteiger partial charge in [-0.3, -0.25) is 4.79 Å². The third kappa shape index (κ3) is 4.24. The van der Waals surface area contributed by atoms with Gasteiger partial charge in [0, 0.05) is 43.8 Å². The summed E-state index contributed by atoms with van der Waals surface area (Å²) in [5, 5.41) is 6.16. The van der Waals surface area contributed by atoms with Crippen molar-refractivity contribution in [1.82, 2.24) is 24.7 Å². The number of anilines is 2. The predicted octanol–water partition coefficient (Wildman–Crippen LogP) is 1.89. The molecular weight excluding hydrogens is 398 g/mol. The van der Waals surface area contributed by atoms with E-state index in [1.54, 1.807) is 19.4 Å². The highest BCUT2D eigenvalue weighted by atomic mass is 16.5. The van der Waals surface area contributed by atoms with E-state index >= 15 is 0 Å². The number of ether oxygens (including phenoxy) is 2. The Morgan fingerprint density at radius 1 is 1.32 bits per heavy atom. The number of aromatic nitrogens is 4. The first-order valence-corrected chi connectivity index (χ1v) is 10.3. The van der Waals surface area contributed by atoms with E-state index in [1.807, 2.05) is 31.5 Å². The van der Waals surface area contributed by atoms with Crippen molar-refractivity contribution in [3.05, 3.63) is 35.9 Å². The van der Waals surface area contributed by atoms with Crippen molar-refractivity contribution < 1.29 is 14.3 Å². The minimum Gasteiger partial charge on any atom is -0.493 e. The largest absolute Gasteiger partial charge is 0.493 e. The van der Waals surface area contributed by atoms with Gasteiger partial charge in [0.2, 0.25) is 11.8 Å². The van der Waals surface area contributed by atoms with Crippen LogP contribution in [0.4, 0.5) is 11.6 Å². The monoisotopic (exact) mass is 425 g/mol. The van der Waals surface area contributed by atoms with Crippen LogP contribution in [0.1, 0.15) is 29.4 Å². The maximum atomic E-state index is 13.0. The van der Waals surface area contributed by atoms with Crippen LogP contribution < -0.4 is 25.0 Å². The molecule has 1 unspecified atom stereocenters. The molecule has 1 aliphatic rings. The molecule has 31 heavy (non-hydrogen) atoms. The maximum absolute atomic E-state index is 13.0. The summed E-state index contributed by atoms with van der Waals surface area (Å²) in [5.41, 5.74) is 2.38. The van der Waals surface area contributed by atoms with Gasteiger partial charge in [-0.15, -0.1) is 0 Å². The van der Waals surface area contributed by atoms with Crippen LogP contribution in [0.25, 0.3) is 5.65 Å². The number of rotatable bonds is 7. The molecule has 1 atom stereocenters. The van der Waals surface area contributed by atoms with E-state index in [-0.39, 0.29) is 17.4 Å². The molecule has 4 rings (SSSR count). The molecule has 2 N–H and O–H groups in total. The molecule has 0 aromatic carbocycles. The topological polar surface area (TPSA) is 106 Å². The summed E-state index contributed by atoms with van der Waals surface area (Å²) in [5.74, 6) is 1.04. The fourth-order valence-corrected chi connectivity index (χ4v) is 3.70. The van der Waals surface area contributed by atoms with E-state index in [2.05, 4.69) is 30.5 Å². The number of hydrogen-bond donors (Lipinski definition) is 2. The van der Waals surface area contributed by atoms with Crippen LogP contribution in [0.3, 0.4) is 0 Å². The van der Waals surface area contributed by atoms with Crippen molar-refractivity contribution in [2.75, 3.05) is 44.1 Å². The lowest BCUT2D eigenvalue weighted by atomic mass is 10.3. The van der Waals surface area contributed by atoms with Crippen molar-refractivity contribution in [1.29, 1.82) is 0 Å². The summed E-state index contributed by atoms with van der Waals surface area (Å²) in [6.45, 7) is 5.82. The highest BCUT2D eigenvalue weighted by molar-refractivity contribution is 6.05. The molecule has 1 aliphatic heterocycles.